The van der Waals surface area contributed by atoms with Crippen molar-refractivity contribution in [3.63, 3.8) is 0 Å². The monoisotopic (exact) mass is 329 g/mol. The van der Waals surface area contributed by atoms with Gasteiger partial charge in [-0.25, -0.2) is 9.78 Å². The molecule has 0 spiro atoms. The molecule has 2 aromatic heterocycles. The van der Waals surface area contributed by atoms with Crippen molar-refractivity contribution >= 4 is 28.6 Å². The Morgan fingerprint density at radius 3 is 2.65 bits per heavy atom. The molecule has 3 aromatic rings. The van der Waals surface area contributed by atoms with Crippen molar-refractivity contribution < 1.29 is 9.53 Å². The third-order valence-electron chi connectivity index (χ3n) is 3.66. The molecule has 0 bridgehead atoms. The van der Waals surface area contributed by atoms with E-state index in [9.17, 15) is 4.79 Å². The number of carbonyl (C=O) groups is 1. The molecule has 5 nitrogen and oxygen atoms in total. The number of esters is 1. The quantitative estimate of drug-likeness (QED) is 0.530. The number of benzene rings is 1. The number of nitrogens with zero attached hydrogens (tertiary/aromatic N) is 3. The van der Waals surface area contributed by atoms with E-state index in [4.69, 9.17) is 16.3 Å². The van der Waals surface area contributed by atoms with Crippen molar-refractivity contribution in [3.05, 3.63) is 51.8 Å². The molecule has 0 N–H and O–H groups in total. The van der Waals surface area contributed by atoms with Gasteiger partial charge in [0.05, 0.1) is 16.6 Å². The van der Waals surface area contributed by atoms with Crippen LogP contribution in [0.4, 0.5) is 0 Å². The second-order valence-corrected chi connectivity index (χ2v) is 5.95. The highest BCUT2D eigenvalue weighted by Gasteiger charge is 2.19. The average molecular weight is 330 g/mol. The van der Waals surface area contributed by atoms with E-state index in [2.05, 4.69) is 10.1 Å². The molecule has 23 heavy (non-hydrogen) atoms. The van der Waals surface area contributed by atoms with Gasteiger partial charge >= 0.3 is 5.97 Å². The SMILES string of the molecule is Cc1cc(C(=O)Oc2ccc(Cl)cc2C)c2c(C)nn(C)c2n1. The number of pyridine rings is 1. The molecule has 0 fully saturated rings. The van der Waals surface area contributed by atoms with Crippen molar-refractivity contribution in [1.29, 1.82) is 0 Å². The molecule has 0 saturated carbocycles. The maximum Gasteiger partial charge on any atom is 0.344 e. The highest BCUT2D eigenvalue weighted by atomic mass is 35.5. The van der Waals surface area contributed by atoms with E-state index in [0.717, 1.165) is 22.3 Å². The van der Waals surface area contributed by atoms with Crippen LogP contribution in [-0.2, 0) is 7.05 Å². The van der Waals surface area contributed by atoms with Crippen LogP contribution in [0.5, 0.6) is 5.75 Å². The number of aromatic nitrogens is 3. The Balaban J connectivity index is 2.07. The minimum absolute atomic E-state index is 0.429. The van der Waals surface area contributed by atoms with E-state index in [-0.39, 0.29) is 0 Å². The zero-order valence-electron chi connectivity index (χ0n) is 13.3. The van der Waals surface area contributed by atoms with E-state index < -0.39 is 5.97 Å². The molecule has 3 rings (SSSR count). The number of carbonyl (C=O) groups excluding carboxylic acids is 1. The van der Waals surface area contributed by atoms with Crippen LogP contribution >= 0.6 is 11.6 Å². The van der Waals surface area contributed by atoms with E-state index in [1.807, 2.05) is 20.8 Å². The summed E-state index contributed by atoms with van der Waals surface area (Å²) in [6, 6.07) is 6.87. The van der Waals surface area contributed by atoms with E-state index >= 15 is 0 Å². The zero-order valence-corrected chi connectivity index (χ0v) is 14.1. The zero-order chi connectivity index (χ0) is 16.7. The molecule has 1 aromatic carbocycles. The number of aryl methyl sites for hydroxylation is 4. The lowest BCUT2D eigenvalue weighted by Crippen LogP contribution is -2.11. The number of ether oxygens (including phenoxy) is 1. The molecule has 0 unspecified atom stereocenters. The summed E-state index contributed by atoms with van der Waals surface area (Å²) in [5, 5.41) is 5.66. The van der Waals surface area contributed by atoms with Gasteiger partial charge in [0.25, 0.3) is 0 Å². The topological polar surface area (TPSA) is 57.0 Å². The summed E-state index contributed by atoms with van der Waals surface area (Å²) in [5.41, 5.74) is 3.42. The Hall–Kier alpha value is -2.40. The Labute approximate surface area is 138 Å². The van der Waals surface area contributed by atoms with Gasteiger partial charge in [-0.2, -0.15) is 5.10 Å². The highest BCUT2D eigenvalue weighted by molar-refractivity contribution is 6.30. The van der Waals surface area contributed by atoms with Gasteiger partial charge < -0.3 is 4.74 Å². The standard InChI is InChI=1S/C17H16ClN3O2/c1-9-7-12(18)5-6-14(9)23-17(22)13-8-10(2)19-16-15(13)11(3)20-21(16)4/h5-8H,1-4H3. The van der Waals surface area contributed by atoms with Crippen LogP contribution in [0.2, 0.25) is 5.02 Å². The van der Waals surface area contributed by atoms with Gasteiger partial charge in [0.2, 0.25) is 0 Å². The predicted octanol–water partition coefficient (Wildman–Crippen LogP) is 3.77. The van der Waals surface area contributed by atoms with Crippen LogP contribution in [-0.4, -0.2) is 20.7 Å². The van der Waals surface area contributed by atoms with Gasteiger partial charge in [0.15, 0.2) is 5.65 Å². The third-order valence-corrected chi connectivity index (χ3v) is 3.89. The van der Waals surface area contributed by atoms with Crippen LogP contribution in [0.15, 0.2) is 24.3 Å². The number of hydrogen-bond donors (Lipinski definition) is 0. The number of halogens is 1. The predicted molar refractivity (Wildman–Crippen MR) is 89.1 cm³/mol. The normalized spacial score (nSPS) is 11.0. The molecule has 0 aliphatic heterocycles. The van der Waals surface area contributed by atoms with Crippen LogP contribution in [0.25, 0.3) is 11.0 Å². The molecule has 0 amide bonds. The number of fused-ring (bicyclic) bond motifs is 1. The lowest BCUT2D eigenvalue weighted by molar-refractivity contribution is 0.0735. The lowest BCUT2D eigenvalue weighted by Gasteiger charge is -2.09. The van der Waals surface area contributed by atoms with Crippen LogP contribution < -0.4 is 4.74 Å². The minimum Gasteiger partial charge on any atom is -0.423 e. The molecule has 6 heteroatoms. The second-order valence-electron chi connectivity index (χ2n) is 5.52. The average Bonchev–Trinajstić information content (AvgIpc) is 2.76. The molecular formula is C17H16ClN3O2. The summed E-state index contributed by atoms with van der Waals surface area (Å²) < 4.78 is 7.22. The minimum atomic E-state index is -0.429. The van der Waals surface area contributed by atoms with Crippen molar-refractivity contribution in [2.75, 3.05) is 0 Å². The van der Waals surface area contributed by atoms with Gasteiger partial charge in [-0.3, -0.25) is 4.68 Å². The molecule has 0 aliphatic rings. The number of hydrogen-bond acceptors (Lipinski definition) is 4. The summed E-state index contributed by atoms with van der Waals surface area (Å²) in [5.74, 6) is 0.0607. The maximum absolute atomic E-state index is 12.7. The summed E-state index contributed by atoms with van der Waals surface area (Å²) >= 11 is 5.93. The summed E-state index contributed by atoms with van der Waals surface area (Å²) in [6.45, 7) is 5.53. The smallest absolute Gasteiger partial charge is 0.344 e. The van der Waals surface area contributed by atoms with Gasteiger partial charge in [0, 0.05) is 17.8 Å². The summed E-state index contributed by atoms with van der Waals surface area (Å²) in [6.07, 6.45) is 0. The largest absolute Gasteiger partial charge is 0.423 e. The van der Waals surface area contributed by atoms with Crippen LogP contribution in [0.1, 0.15) is 27.3 Å². The fraction of sp³-hybridized carbons (Fsp3) is 0.235. The Bertz CT molecular complexity index is 931. The van der Waals surface area contributed by atoms with E-state index in [0.29, 0.717) is 22.0 Å². The Morgan fingerprint density at radius 2 is 1.96 bits per heavy atom. The van der Waals surface area contributed by atoms with Gasteiger partial charge in [-0.1, -0.05) is 11.6 Å². The Morgan fingerprint density at radius 1 is 1.22 bits per heavy atom. The highest BCUT2D eigenvalue weighted by Crippen LogP contribution is 2.26. The first kappa shape index (κ1) is 15.5. The fourth-order valence-electron chi connectivity index (χ4n) is 2.61. The first-order chi connectivity index (χ1) is 10.9. The van der Waals surface area contributed by atoms with Crippen LogP contribution in [0.3, 0.4) is 0 Å². The molecular weight excluding hydrogens is 314 g/mol. The van der Waals surface area contributed by atoms with Crippen molar-refractivity contribution in [2.24, 2.45) is 7.05 Å². The van der Waals surface area contributed by atoms with Crippen LogP contribution in [0, 0.1) is 20.8 Å². The van der Waals surface area contributed by atoms with E-state index in [1.165, 1.54) is 0 Å². The van der Waals surface area contributed by atoms with E-state index in [1.54, 1.807) is 36.0 Å². The summed E-state index contributed by atoms with van der Waals surface area (Å²) in [7, 11) is 1.81. The lowest BCUT2D eigenvalue weighted by atomic mass is 10.1. The first-order valence-electron chi connectivity index (χ1n) is 7.16. The maximum atomic E-state index is 12.7. The second kappa shape index (κ2) is 5.66. The molecule has 2 heterocycles. The van der Waals surface area contributed by atoms with Gasteiger partial charge in [0.1, 0.15) is 5.75 Å². The molecule has 118 valence electrons. The van der Waals surface area contributed by atoms with Gasteiger partial charge in [-0.15, -0.1) is 0 Å². The first-order valence-corrected chi connectivity index (χ1v) is 7.54. The number of rotatable bonds is 2. The van der Waals surface area contributed by atoms with Gasteiger partial charge in [-0.05, 0) is 50.6 Å². The third kappa shape index (κ3) is 2.80. The molecule has 0 aliphatic carbocycles. The van der Waals surface area contributed by atoms with Crippen molar-refractivity contribution in [2.45, 2.75) is 20.8 Å². The molecule has 0 saturated heterocycles. The molecule has 0 atom stereocenters. The fourth-order valence-corrected chi connectivity index (χ4v) is 2.84. The Kier molecular flexibility index (Phi) is 3.82. The molecule has 0 radical (unpaired) electrons. The van der Waals surface area contributed by atoms with Crippen molar-refractivity contribution in [3.8, 4) is 5.75 Å². The van der Waals surface area contributed by atoms with Crippen molar-refractivity contribution in [1.82, 2.24) is 14.8 Å². The summed E-state index contributed by atoms with van der Waals surface area (Å²) in [4.78, 5) is 17.1.